The molecule has 0 spiro atoms. The van der Waals surface area contributed by atoms with Crippen molar-refractivity contribution in [3.05, 3.63) is 64.7 Å². The number of nitrogens with two attached hydrogens (primary N) is 1. The first-order valence-corrected chi connectivity index (χ1v) is 6.28. The summed E-state index contributed by atoms with van der Waals surface area (Å²) >= 11 is 0. The lowest BCUT2D eigenvalue weighted by molar-refractivity contribution is 0.318. The zero-order chi connectivity index (χ0) is 15.4. The van der Waals surface area contributed by atoms with Gasteiger partial charge in [0.05, 0.1) is 11.3 Å². The zero-order valence-electron chi connectivity index (χ0n) is 11.4. The molecule has 0 aliphatic carbocycles. The van der Waals surface area contributed by atoms with Gasteiger partial charge in [-0.3, -0.25) is 0 Å². The molecule has 0 atom stereocenters. The number of nitrogens with one attached hydrogen (secondary N) is 1. The number of hydrogen-bond acceptors (Lipinski definition) is 3. The minimum Gasteiger partial charge on any atom is -0.409 e. The minimum absolute atomic E-state index is 0.00140. The van der Waals surface area contributed by atoms with Crippen molar-refractivity contribution in [1.29, 1.82) is 0 Å². The first-order valence-electron chi connectivity index (χ1n) is 6.28. The normalized spacial score (nSPS) is 11.5. The van der Waals surface area contributed by atoms with Gasteiger partial charge in [-0.15, -0.1) is 0 Å². The van der Waals surface area contributed by atoms with Crippen LogP contribution in [0, 0.1) is 18.6 Å². The van der Waals surface area contributed by atoms with E-state index in [-0.39, 0.29) is 17.9 Å². The van der Waals surface area contributed by atoms with Crippen molar-refractivity contribution in [2.45, 2.75) is 13.5 Å². The Morgan fingerprint density at radius 3 is 2.76 bits per heavy atom. The molecular formula is C15H15F2N3O. The summed E-state index contributed by atoms with van der Waals surface area (Å²) in [6.45, 7) is 1.92. The number of oxime groups is 1. The molecule has 0 unspecified atom stereocenters. The minimum atomic E-state index is -0.603. The van der Waals surface area contributed by atoms with Gasteiger partial charge in [-0.25, -0.2) is 8.78 Å². The summed E-state index contributed by atoms with van der Waals surface area (Å²) in [5, 5.41) is 14.2. The number of aryl methyl sites for hydroxylation is 1. The molecule has 0 amide bonds. The van der Waals surface area contributed by atoms with Gasteiger partial charge in [0.2, 0.25) is 0 Å². The van der Waals surface area contributed by atoms with Crippen LogP contribution < -0.4 is 11.1 Å². The molecule has 0 radical (unpaired) electrons. The quantitative estimate of drug-likeness (QED) is 0.351. The van der Waals surface area contributed by atoms with Gasteiger partial charge in [0, 0.05) is 12.1 Å². The van der Waals surface area contributed by atoms with E-state index in [0.29, 0.717) is 11.3 Å². The summed E-state index contributed by atoms with van der Waals surface area (Å²) in [6.07, 6.45) is 0. The molecule has 0 saturated carbocycles. The monoisotopic (exact) mass is 291 g/mol. The van der Waals surface area contributed by atoms with E-state index in [1.54, 1.807) is 24.3 Å². The lowest BCUT2D eigenvalue weighted by atomic mass is 10.1. The molecule has 4 N–H and O–H groups in total. The molecule has 0 aliphatic heterocycles. The maximum Gasteiger partial charge on any atom is 0.173 e. The standard InChI is InChI=1S/C15H15F2N3O/c1-9-5-6-12(16)13(7-9)19-8-10-3-2-4-11(14(10)17)15(18)20-21/h2-7,19,21H,8H2,1H3,(H2,18,20). The molecule has 2 aromatic rings. The zero-order valence-corrected chi connectivity index (χ0v) is 11.4. The van der Waals surface area contributed by atoms with Gasteiger partial charge in [-0.2, -0.15) is 0 Å². The van der Waals surface area contributed by atoms with Crippen LogP contribution in [0.15, 0.2) is 41.6 Å². The Labute approximate surface area is 120 Å². The van der Waals surface area contributed by atoms with Crippen molar-refractivity contribution >= 4 is 11.5 Å². The molecule has 110 valence electrons. The van der Waals surface area contributed by atoms with Crippen LogP contribution >= 0.6 is 0 Å². The van der Waals surface area contributed by atoms with Crippen LogP contribution in [0.5, 0.6) is 0 Å². The highest BCUT2D eigenvalue weighted by molar-refractivity contribution is 5.97. The van der Waals surface area contributed by atoms with Gasteiger partial charge < -0.3 is 16.3 Å². The van der Waals surface area contributed by atoms with E-state index in [1.165, 1.54) is 12.1 Å². The van der Waals surface area contributed by atoms with Crippen LogP contribution in [0.4, 0.5) is 14.5 Å². The van der Waals surface area contributed by atoms with E-state index in [2.05, 4.69) is 10.5 Å². The largest absolute Gasteiger partial charge is 0.409 e. The number of hydrogen-bond donors (Lipinski definition) is 3. The van der Waals surface area contributed by atoms with Crippen molar-refractivity contribution in [3.63, 3.8) is 0 Å². The number of halogens is 2. The second kappa shape index (κ2) is 6.21. The summed E-state index contributed by atoms with van der Waals surface area (Å²) in [5.74, 6) is -1.32. The lowest BCUT2D eigenvalue weighted by Gasteiger charge is -2.11. The van der Waals surface area contributed by atoms with Gasteiger partial charge in [-0.1, -0.05) is 23.4 Å². The topological polar surface area (TPSA) is 70.6 Å². The summed E-state index contributed by atoms with van der Waals surface area (Å²) in [5.41, 5.74) is 6.88. The Bertz CT molecular complexity index is 687. The summed E-state index contributed by atoms with van der Waals surface area (Å²) in [6, 6.07) is 9.17. The Hall–Kier alpha value is -2.63. The second-order valence-corrected chi connectivity index (χ2v) is 4.60. The third-order valence-corrected chi connectivity index (χ3v) is 3.05. The highest BCUT2D eigenvalue weighted by atomic mass is 19.1. The molecule has 2 aromatic carbocycles. The Morgan fingerprint density at radius 1 is 1.29 bits per heavy atom. The number of rotatable bonds is 4. The van der Waals surface area contributed by atoms with E-state index in [1.807, 2.05) is 6.92 Å². The first-order chi connectivity index (χ1) is 10.0. The van der Waals surface area contributed by atoms with Gasteiger partial charge in [-0.05, 0) is 30.7 Å². The molecule has 0 aliphatic rings. The van der Waals surface area contributed by atoms with Crippen LogP contribution in [0.3, 0.4) is 0 Å². The molecular weight excluding hydrogens is 276 g/mol. The maximum atomic E-state index is 14.2. The van der Waals surface area contributed by atoms with Crippen molar-refractivity contribution < 1.29 is 14.0 Å². The van der Waals surface area contributed by atoms with Gasteiger partial charge in [0.1, 0.15) is 11.6 Å². The summed E-state index contributed by atoms with van der Waals surface area (Å²) in [4.78, 5) is 0. The SMILES string of the molecule is Cc1ccc(F)c(NCc2cccc(/C(N)=N/O)c2F)c1. The van der Waals surface area contributed by atoms with Crippen LogP contribution in [0.1, 0.15) is 16.7 Å². The van der Waals surface area contributed by atoms with E-state index in [4.69, 9.17) is 10.9 Å². The average Bonchev–Trinajstić information content (AvgIpc) is 2.48. The molecule has 0 bridgehead atoms. The Kier molecular flexibility index (Phi) is 4.37. The molecule has 21 heavy (non-hydrogen) atoms. The maximum absolute atomic E-state index is 14.2. The fraction of sp³-hybridized carbons (Fsp3) is 0.133. The van der Waals surface area contributed by atoms with Gasteiger partial charge in [0.15, 0.2) is 5.84 Å². The predicted molar refractivity (Wildman–Crippen MR) is 77.4 cm³/mol. The second-order valence-electron chi connectivity index (χ2n) is 4.60. The average molecular weight is 291 g/mol. The Morgan fingerprint density at radius 2 is 2.05 bits per heavy atom. The number of amidine groups is 1. The molecule has 0 saturated heterocycles. The summed E-state index contributed by atoms with van der Waals surface area (Å²) in [7, 11) is 0. The van der Waals surface area contributed by atoms with E-state index in [9.17, 15) is 8.78 Å². The van der Waals surface area contributed by atoms with Crippen molar-refractivity contribution in [1.82, 2.24) is 0 Å². The molecule has 0 heterocycles. The third-order valence-electron chi connectivity index (χ3n) is 3.05. The highest BCUT2D eigenvalue weighted by Gasteiger charge is 2.12. The third kappa shape index (κ3) is 3.28. The van der Waals surface area contributed by atoms with Crippen LogP contribution in [0.2, 0.25) is 0 Å². The molecule has 2 rings (SSSR count). The number of nitrogens with zero attached hydrogens (tertiary/aromatic N) is 1. The van der Waals surface area contributed by atoms with Crippen LogP contribution in [-0.2, 0) is 6.54 Å². The molecule has 4 nitrogen and oxygen atoms in total. The molecule has 6 heteroatoms. The lowest BCUT2D eigenvalue weighted by Crippen LogP contribution is -2.16. The fourth-order valence-corrected chi connectivity index (χ4v) is 1.93. The number of anilines is 1. The van der Waals surface area contributed by atoms with Crippen LogP contribution in [-0.4, -0.2) is 11.0 Å². The van der Waals surface area contributed by atoms with Crippen molar-refractivity contribution in [2.75, 3.05) is 5.32 Å². The molecule has 0 aromatic heterocycles. The summed E-state index contributed by atoms with van der Waals surface area (Å²) < 4.78 is 27.8. The first kappa shape index (κ1) is 14.8. The Balaban J connectivity index is 2.23. The van der Waals surface area contributed by atoms with Gasteiger partial charge >= 0.3 is 0 Å². The predicted octanol–water partition coefficient (Wildman–Crippen LogP) is 2.98. The van der Waals surface area contributed by atoms with E-state index < -0.39 is 11.6 Å². The van der Waals surface area contributed by atoms with E-state index >= 15 is 0 Å². The fourth-order valence-electron chi connectivity index (χ4n) is 1.93. The van der Waals surface area contributed by atoms with Gasteiger partial charge in [0.25, 0.3) is 0 Å². The van der Waals surface area contributed by atoms with Crippen molar-refractivity contribution in [3.8, 4) is 0 Å². The van der Waals surface area contributed by atoms with E-state index in [0.717, 1.165) is 5.56 Å². The number of benzene rings is 2. The molecule has 0 fully saturated rings. The smallest absolute Gasteiger partial charge is 0.173 e. The van der Waals surface area contributed by atoms with Crippen molar-refractivity contribution in [2.24, 2.45) is 10.9 Å². The highest BCUT2D eigenvalue weighted by Crippen LogP contribution is 2.19. The van der Waals surface area contributed by atoms with Crippen LogP contribution in [0.25, 0.3) is 0 Å².